The van der Waals surface area contributed by atoms with Crippen LogP contribution in [0.2, 0.25) is 0 Å². The molecule has 0 unspecified atom stereocenters. The third-order valence-corrected chi connectivity index (χ3v) is 3.58. The Labute approximate surface area is 94.2 Å². The number of nitrogens with zero attached hydrogens (tertiary/aromatic N) is 2. The zero-order chi connectivity index (χ0) is 11.0. The summed E-state index contributed by atoms with van der Waals surface area (Å²) in [4.78, 5) is 4.47. The van der Waals surface area contributed by atoms with Gasteiger partial charge in [0, 0.05) is 25.2 Å². The van der Waals surface area contributed by atoms with Crippen molar-refractivity contribution >= 4 is 5.69 Å². The third kappa shape index (κ3) is 1.29. The molecule has 1 aromatic rings. The molecule has 4 nitrogen and oxygen atoms in total. The van der Waals surface area contributed by atoms with E-state index in [0.29, 0.717) is 5.69 Å². The van der Waals surface area contributed by atoms with Crippen molar-refractivity contribution in [2.24, 2.45) is 0 Å². The van der Waals surface area contributed by atoms with Gasteiger partial charge in [-0.1, -0.05) is 0 Å². The molecule has 1 fully saturated rings. The summed E-state index contributed by atoms with van der Waals surface area (Å²) in [6.45, 7) is 2.51. The van der Waals surface area contributed by atoms with E-state index in [4.69, 9.17) is 10.00 Å². The average molecular weight is 215 g/mol. The van der Waals surface area contributed by atoms with Crippen molar-refractivity contribution in [3.8, 4) is 6.07 Å². The molecule has 4 heteroatoms. The highest BCUT2D eigenvalue weighted by Crippen LogP contribution is 2.42. The van der Waals surface area contributed by atoms with E-state index in [1.54, 1.807) is 6.07 Å². The fraction of sp³-hybridized carbons (Fsp3) is 0.500. The van der Waals surface area contributed by atoms with E-state index in [9.17, 15) is 0 Å². The highest BCUT2D eigenvalue weighted by molar-refractivity contribution is 5.58. The van der Waals surface area contributed by atoms with Crippen LogP contribution in [0.25, 0.3) is 0 Å². The topological polar surface area (TPSA) is 57.9 Å². The van der Waals surface area contributed by atoms with Crippen molar-refractivity contribution < 1.29 is 4.74 Å². The Morgan fingerprint density at radius 1 is 1.38 bits per heavy atom. The first-order valence-corrected chi connectivity index (χ1v) is 5.57. The fourth-order valence-electron chi connectivity index (χ4n) is 2.59. The lowest BCUT2D eigenvalue weighted by Gasteiger charge is -2.32. The molecule has 0 atom stereocenters. The van der Waals surface area contributed by atoms with E-state index in [2.05, 4.69) is 16.4 Å². The first-order chi connectivity index (χ1) is 7.84. The second-order valence-corrected chi connectivity index (χ2v) is 4.45. The number of hydrogen-bond acceptors (Lipinski definition) is 4. The number of nitrogens with one attached hydrogen (secondary N) is 1. The van der Waals surface area contributed by atoms with Crippen molar-refractivity contribution in [3.63, 3.8) is 0 Å². The van der Waals surface area contributed by atoms with Crippen LogP contribution in [0.5, 0.6) is 0 Å². The molecule has 2 aliphatic heterocycles. The minimum Gasteiger partial charge on any atom is -0.383 e. The van der Waals surface area contributed by atoms with Gasteiger partial charge >= 0.3 is 0 Å². The molecular formula is C12H13N3O. The molecule has 2 aliphatic rings. The van der Waals surface area contributed by atoms with Crippen LogP contribution in [-0.4, -0.2) is 24.7 Å². The first kappa shape index (κ1) is 9.61. The number of pyridine rings is 1. The van der Waals surface area contributed by atoms with Gasteiger partial charge in [-0.15, -0.1) is 0 Å². The zero-order valence-electron chi connectivity index (χ0n) is 8.99. The summed E-state index contributed by atoms with van der Waals surface area (Å²) < 4.78 is 5.41. The summed E-state index contributed by atoms with van der Waals surface area (Å²) in [6.07, 6.45) is 1.99. The van der Waals surface area contributed by atoms with Gasteiger partial charge in [0.1, 0.15) is 11.8 Å². The SMILES string of the molecule is N#Cc1ccc2c(n1)C1(CCOCC1)CN2. The normalized spacial score (nSPS) is 21.2. The summed E-state index contributed by atoms with van der Waals surface area (Å²) in [6, 6.07) is 5.84. The minimum absolute atomic E-state index is 0.0977. The van der Waals surface area contributed by atoms with Crippen molar-refractivity contribution in [2.75, 3.05) is 25.1 Å². The van der Waals surface area contributed by atoms with Crippen LogP contribution < -0.4 is 5.32 Å². The maximum Gasteiger partial charge on any atom is 0.140 e. The van der Waals surface area contributed by atoms with Gasteiger partial charge < -0.3 is 10.1 Å². The maximum atomic E-state index is 8.90. The van der Waals surface area contributed by atoms with Crippen LogP contribution in [0.15, 0.2) is 12.1 Å². The number of rotatable bonds is 0. The van der Waals surface area contributed by atoms with E-state index in [0.717, 1.165) is 44.0 Å². The predicted octanol–water partition coefficient (Wildman–Crippen LogP) is 1.43. The molecule has 1 N–H and O–H groups in total. The molecule has 16 heavy (non-hydrogen) atoms. The van der Waals surface area contributed by atoms with Crippen LogP contribution in [0.1, 0.15) is 24.2 Å². The maximum absolute atomic E-state index is 8.90. The van der Waals surface area contributed by atoms with Gasteiger partial charge in [0.15, 0.2) is 0 Å². The van der Waals surface area contributed by atoms with Crippen molar-refractivity contribution in [1.29, 1.82) is 5.26 Å². The number of fused-ring (bicyclic) bond motifs is 2. The van der Waals surface area contributed by atoms with Crippen LogP contribution >= 0.6 is 0 Å². The molecule has 1 saturated heterocycles. The summed E-state index contributed by atoms with van der Waals surface area (Å²) in [5.41, 5.74) is 2.75. The third-order valence-electron chi connectivity index (χ3n) is 3.58. The molecule has 0 saturated carbocycles. The van der Waals surface area contributed by atoms with Crippen molar-refractivity contribution in [3.05, 3.63) is 23.5 Å². The molecule has 3 heterocycles. The van der Waals surface area contributed by atoms with E-state index in [1.807, 2.05) is 6.07 Å². The van der Waals surface area contributed by atoms with Crippen LogP contribution in [0.4, 0.5) is 5.69 Å². The van der Waals surface area contributed by atoms with E-state index in [1.165, 1.54) is 0 Å². The molecule has 1 aromatic heterocycles. The number of ether oxygens (including phenoxy) is 1. The number of hydrogen-bond donors (Lipinski definition) is 1. The second-order valence-electron chi connectivity index (χ2n) is 4.45. The molecule has 0 aliphatic carbocycles. The molecule has 1 spiro atoms. The highest BCUT2D eigenvalue weighted by atomic mass is 16.5. The van der Waals surface area contributed by atoms with Gasteiger partial charge in [0.25, 0.3) is 0 Å². The second kappa shape index (κ2) is 3.46. The van der Waals surface area contributed by atoms with Gasteiger partial charge in [-0.25, -0.2) is 4.98 Å². The quantitative estimate of drug-likeness (QED) is 0.711. The van der Waals surface area contributed by atoms with E-state index < -0.39 is 0 Å². The van der Waals surface area contributed by atoms with Crippen LogP contribution in [0.3, 0.4) is 0 Å². The molecule has 0 bridgehead atoms. The molecular weight excluding hydrogens is 202 g/mol. The zero-order valence-corrected chi connectivity index (χ0v) is 8.99. The Morgan fingerprint density at radius 3 is 2.94 bits per heavy atom. The Bertz CT molecular complexity index is 452. The molecule has 0 aromatic carbocycles. The van der Waals surface area contributed by atoms with E-state index >= 15 is 0 Å². The summed E-state index contributed by atoms with van der Waals surface area (Å²) >= 11 is 0. The Hall–Kier alpha value is -1.60. The first-order valence-electron chi connectivity index (χ1n) is 5.57. The molecule has 82 valence electrons. The van der Waals surface area contributed by atoms with E-state index in [-0.39, 0.29) is 5.41 Å². The summed E-state index contributed by atoms with van der Waals surface area (Å²) in [7, 11) is 0. The highest BCUT2D eigenvalue weighted by Gasteiger charge is 2.41. The number of nitriles is 1. The Balaban J connectivity index is 2.06. The Morgan fingerprint density at radius 2 is 2.19 bits per heavy atom. The van der Waals surface area contributed by atoms with Crippen molar-refractivity contribution in [1.82, 2.24) is 4.98 Å². The van der Waals surface area contributed by atoms with Gasteiger partial charge in [-0.05, 0) is 25.0 Å². The number of anilines is 1. The smallest absolute Gasteiger partial charge is 0.140 e. The predicted molar refractivity (Wildman–Crippen MR) is 59.2 cm³/mol. The Kier molecular flexibility index (Phi) is 2.08. The number of aromatic nitrogens is 1. The lowest BCUT2D eigenvalue weighted by atomic mass is 9.78. The van der Waals surface area contributed by atoms with Gasteiger partial charge in [-0.2, -0.15) is 5.26 Å². The van der Waals surface area contributed by atoms with Gasteiger partial charge in [0.2, 0.25) is 0 Å². The van der Waals surface area contributed by atoms with Gasteiger partial charge in [0.05, 0.1) is 11.4 Å². The summed E-state index contributed by atoms with van der Waals surface area (Å²) in [5, 5.41) is 12.3. The lowest BCUT2D eigenvalue weighted by Crippen LogP contribution is -2.36. The van der Waals surface area contributed by atoms with Gasteiger partial charge in [-0.3, -0.25) is 0 Å². The lowest BCUT2D eigenvalue weighted by molar-refractivity contribution is 0.0554. The standard InChI is InChI=1S/C12H13N3O/c13-7-9-1-2-10-11(15-9)12(8-14-10)3-5-16-6-4-12/h1-2,14H,3-6,8H2. The minimum atomic E-state index is 0.0977. The van der Waals surface area contributed by atoms with Crippen molar-refractivity contribution in [2.45, 2.75) is 18.3 Å². The summed E-state index contributed by atoms with van der Waals surface area (Å²) in [5.74, 6) is 0. The fourth-order valence-corrected chi connectivity index (χ4v) is 2.59. The monoisotopic (exact) mass is 215 g/mol. The molecule has 3 rings (SSSR count). The largest absolute Gasteiger partial charge is 0.383 e. The average Bonchev–Trinajstić information content (AvgIpc) is 2.69. The van der Waals surface area contributed by atoms with Crippen LogP contribution in [0, 0.1) is 11.3 Å². The molecule has 0 amide bonds. The molecule has 0 radical (unpaired) electrons. The van der Waals surface area contributed by atoms with Crippen LogP contribution in [-0.2, 0) is 10.2 Å².